The molecule has 0 saturated heterocycles. The second-order valence-electron chi connectivity index (χ2n) is 6.20. The number of hydrogen-bond donors (Lipinski definition) is 4. The molecule has 30 heavy (non-hydrogen) atoms. The maximum atomic E-state index is 12.9. The fourth-order valence-corrected chi connectivity index (χ4v) is 2.88. The van der Waals surface area contributed by atoms with E-state index in [0.717, 1.165) is 0 Å². The molecule has 11 heteroatoms. The molecule has 0 atom stereocenters. The van der Waals surface area contributed by atoms with Gasteiger partial charge >= 0.3 is 12.2 Å². The van der Waals surface area contributed by atoms with Crippen molar-refractivity contribution >= 4 is 51.9 Å². The average molecular weight is 408 g/mol. The minimum atomic E-state index is -0.653. The molecular formula is C19H16N6O5. The maximum absolute atomic E-state index is 12.9. The van der Waals surface area contributed by atoms with Gasteiger partial charge in [-0.15, -0.1) is 0 Å². The van der Waals surface area contributed by atoms with E-state index in [1.807, 2.05) is 0 Å². The van der Waals surface area contributed by atoms with E-state index in [0.29, 0.717) is 33.2 Å². The van der Waals surface area contributed by atoms with E-state index in [1.54, 1.807) is 36.4 Å². The number of hydrogen-bond acceptors (Lipinski definition) is 7. The molecule has 0 bridgehead atoms. The minimum absolute atomic E-state index is 0.214. The highest BCUT2D eigenvalue weighted by atomic mass is 16.5. The molecule has 2 aromatic carbocycles. The number of ketones is 1. The number of carbonyl (C=O) groups excluding carboxylic acids is 3. The molecule has 0 fully saturated rings. The van der Waals surface area contributed by atoms with Crippen LogP contribution >= 0.6 is 0 Å². The van der Waals surface area contributed by atoms with Gasteiger partial charge < -0.3 is 19.4 Å². The first-order chi connectivity index (χ1) is 14.5. The van der Waals surface area contributed by atoms with Gasteiger partial charge in [0.2, 0.25) is 11.9 Å². The molecule has 4 N–H and O–H groups in total. The number of nitrogens with one attached hydrogen (secondary N) is 4. The monoisotopic (exact) mass is 408 g/mol. The Labute approximate surface area is 168 Å². The minimum Gasteiger partial charge on any atom is -0.453 e. The summed E-state index contributed by atoms with van der Waals surface area (Å²) in [4.78, 5) is 49.8. The van der Waals surface area contributed by atoms with Gasteiger partial charge in [0.25, 0.3) is 0 Å². The highest BCUT2D eigenvalue weighted by molar-refractivity contribution is 6.11. The third-order valence-corrected chi connectivity index (χ3v) is 4.30. The van der Waals surface area contributed by atoms with Crippen molar-refractivity contribution < 1.29 is 23.9 Å². The Balaban J connectivity index is 1.61. The quantitative estimate of drug-likeness (QED) is 0.379. The fourth-order valence-electron chi connectivity index (χ4n) is 2.88. The van der Waals surface area contributed by atoms with Gasteiger partial charge in [0.05, 0.1) is 36.3 Å². The van der Waals surface area contributed by atoms with Crippen LogP contribution in [-0.4, -0.2) is 52.1 Å². The first-order valence-electron chi connectivity index (χ1n) is 8.71. The lowest BCUT2D eigenvalue weighted by Crippen LogP contribution is -2.11. The Kier molecular flexibility index (Phi) is 4.76. The predicted octanol–water partition coefficient (Wildman–Crippen LogP) is 3.03. The number of anilines is 2. The van der Waals surface area contributed by atoms with Crippen LogP contribution in [0, 0.1) is 0 Å². The van der Waals surface area contributed by atoms with Crippen molar-refractivity contribution in [2.24, 2.45) is 0 Å². The number of ether oxygens (including phenoxy) is 2. The molecule has 0 aliphatic heterocycles. The van der Waals surface area contributed by atoms with Crippen LogP contribution in [0.15, 0.2) is 36.4 Å². The smallest absolute Gasteiger partial charge is 0.413 e. The van der Waals surface area contributed by atoms with Crippen LogP contribution in [0.25, 0.3) is 22.1 Å². The largest absolute Gasteiger partial charge is 0.453 e. The lowest BCUT2D eigenvalue weighted by Gasteiger charge is -2.01. The molecule has 4 rings (SSSR count). The van der Waals surface area contributed by atoms with E-state index < -0.39 is 12.2 Å². The van der Waals surface area contributed by atoms with E-state index in [4.69, 9.17) is 0 Å². The Morgan fingerprint density at radius 3 is 1.60 bits per heavy atom. The maximum Gasteiger partial charge on any atom is 0.413 e. The highest BCUT2D eigenvalue weighted by Gasteiger charge is 2.14. The molecule has 2 amide bonds. The van der Waals surface area contributed by atoms with Crippen molar-refractivity contribution in [3.8, 4) is 0 Å². The zero-order chi connectivity index (χ0) is 21.3. The summed E-state index contributed by atoms with van der Waals surface area (Å²) in [5.74, 6) is 0.213. The van der Waals surface area contributed by atoms with Crippen LogP contribution in [0.2, 0.25) is 0 Å². The van der Waals surface area contributed by atoms with Crippen molar-refractivity contribution in [2.45, 2.75) is 0 Å². The topological polar surface area (TPSA) is 151 Å². The van der Waals surface area contributed by atoms with Gasteiger partial charge in [0.1, 0.15) is 0 Å². The van der Waals surface area contributed by atoms with Gasteiger partial charge in [-0.25, -0.2) is 19.6 Å². The Bertz CT molecular complexity index is 1190. The van der Waals surface area contributed by atoms with E-state index in [9.17, 15) is 14.4 Å². The Hall–Kier alpha value is -4.41. The number of amides is 2. The van der Waals surface area contributed by atoms with Gasteiger partial charge in [-0.2, -0.15) is 0 Å². The van der Waals surface area contributed by atoms with Gasteiger partial charge in [-0.05, 0) is 36.4 Å². The number of aromatic amines is 2. The van der Waals surface area contributed by atoms with Gasteiger partial charge in [-0.1, -0.05) is 0 Å². The summed E-state index contributed by atoms with van der Waals surface area (Å²) in [5.41, 5.74) is 3.20. The molecule has 11 nitrogen and oxygen atoms in total. The highest BCUT2D eigenvalue weighted by Crippen LogP contribution is 2.21. The summed E-state index contributed by atoms with van der Waals surface area (Å²) in [6.45, 7) is 0. The van der Waals surface area contributed by atoms with E-state index in [1.165, 1.54) is 14.2 Å². The van der Waals surface area contributed by atoms with Crippen LogP contribution in [0.3, 0.4) is 0 Å². The molecule has 0 aliphatic carbocycles. The summed E-state index contributed by atoms with van der Waals surface area (Å²) < 4.78 is 9.06. The average Bonchev–Trinajstić information content (AvgIpc) is 3.34. The second-order valence-corrected chi connectivity index (χ2v) is 6.20. The molecule has 2 heterocycles. The SMILES string of the molecule is COC(=O)Nc1nc2ccc(C(=O)c3ccc4nc(NC(=O)OC)[nH]c4c3)cc2[nH]1. The van der Waals surface area contributed by atoms with Crippen LogP contribution < -0.4 is 10.6 Å². The van der Waals surface area contributed by atoms with Crippen LogP contribution in [0.5, 0.6) is 0 Å². The Morgan fingerprint density at radius 2 is 1.20 bits per heavy atom. The van der Waals surface area contributed by atoms with Crippen LogP contribution in [-0.2, 0) is 9.47 Å². The third-order valence-electron chi connectivity index (χ3n) is 4.30. The number of carbonyl (C=O) groups is 3. The first-order valence-corrected chi connectivity index (χ1v) is 8.71. The molecule has 0 radical (unpaired) electrons. The van der Waals surface area contributed by atoms with Crippen molar-refractivity contribution in [3.05, 3.63) is 47.5 Å². The van der Waals surface area contributed by atoms with E-state index in [-0.39, 0.29) is 17.7 Å². The fraction of sp³-hybridized carbons (Fsp3) is 0.105. The zero-order valence-electron chi connectivity index (χ0n) is 15.9. The molecule has 0 spiro atoms. The van der Waals surface area contributed by atoms with Gasteiger partial charge in [-0.3, -0.25) is 15.4 Å². The molecule has 152 valence electrons. The van der Waals surface area contributed by atoms with Crippen LogP contribution in [0.4, 0.5) is 21.5 Å². The summed E-state index contributed by atoms with van der Waals surface area (Å²) in [5, 5.41) is 4.88. The number of H-pyrrole nitrogens is 2. The molecule has 2 aromatic heterocycles. The number of methoxy groups -OCH3 is 2. The van der Waals surface area contributed by atoms with Crippen molar-refractivity contribution in [1.82, 2.24) is 19.9 Å². The molecule has 0 aliphatic rings. The van der Waals surface area contributed by atoms with Crippen LogP contribution in [0.1, 0.15) is 15.9 Å². The number of benzene rings is 2. The number of nitrogens with zero attached hydrogens (tertiary/aromatic N) is 2. The standard InChI is InChI=1S/C19H16N6O5/c1-29-18(27)24-16-20-11-5-3-9(7-13(11)22-16)15(26)10-4-6-12-14(8-10)23-17(21-12)25-19(28)30-2/h3-8H,1-2H3,(H2,20,22,24,27)(H2,21,23,25,28). The van der Waals surface area contributed by atoms with Crippen molar-refractivity contribution in [3.63, 3.8) is 0 Å². The number of rotatable bonds is 4. The third kappa shape index (κ3) is 3.63. The molecular weight excluding hydrogens is 392 g/mol. The van der Waals surface area contributed by atoms with E-state index >= 15 is 0 Å². The van der Waals surface area contributed by atoms with Crippen molar-refractivity contribution in [1.29, 1.82) is 0 Å². The van der Waals surface area contributed by atoms with Crippen molar-refractivity contribution in [2.75, 3.05) is 24.9 Å². The molecule has 0 unspecified atom stereocenters. The predicted molar refractivity (Wildman–Crippen MR) is 108 cm³/mol. The summed E-state index contributed by atoms with van der Waals surface area (Å²) >= 11 is 0. The normalized spacial score (nSPS) is 10.7. The number of aromatic nitrogens is 4. The number of fused-ring (bicyclic) bond motifs is 2. The second kappa shape index (κ2) is 7.54. The van der Waals surface area contributed by atoms with Gasteiger partial charge in [0.15, 0.2) is 5.78 Å². The lowest BCUT2D eigenvalue weighted by atomic mass is 10.0. The number of imidazole rings is 2. The molecule has 4 aromatic rings. The lowest BCUT2D eigenvalue weighted by molar-refractivity contribution is 0.103. The first kappa shape index (κ1) is 18.9. The summed E-state index contributed by atoms with van der Waals surface area (Å²) in [6, 6.07) is 9.94. The summed E-state index contributed by atoms with van der Waals surface area (Å²) in [6.07, 6.45) is -1.31. The molecule has 0 saturated carbocycles. The zero-order valence-corrected chi connectivity index (χ0v) is 15.9. The summed E-state index contributed by atoms with van der Waals surface area (Å²) in [7, 11) is 2.50. The van der Waals surface area contributed by atoms with Gasteiger partial charge in [0, 0.05) is 11.1 Å². The van der Waals surface area contributed by atoms with E-state index in [2.05, 4.69) is 40.0 Å². The Morgan fingerprint density at radius 1 is 0.767 bits per heavy atom.